The lowest BCUT2D eigenvalue weighted by molar-refractivity contribution is -0.117. The standard InChI is InChI=1S/C17H17N7O4/c18-13(25)4-5-20-16(27)22-11-3-1-2-10(8-11)21-15(26)12-9-14-19-6-7-24(14)17(28)23-12/h1-3,6-9H,4-5H2,(H2,18,25)(H,21,26)(H,23,28)(H2,20,22,27). The Balaban J connectivity index is 1.66. The first-order valence-electron chi connectivity index (χ1n) is 8.23. The number of carbonyl (C=O) groups is 3. The zero-order chi connectivity index (χ0) is 20.1. The summed E-state index contributed by atoms with van der Waals surface area (Å²) in [6.07, 6.45) is 2.97. The monoisotopic (exact) mass is 383 g/mol. The molecule has 0 aliphatic rings. The van der Waals surface area contributed by atoms with Gasteiger partial charge in [0, 0.05) is 42.8 Å². The van der Waals surface area contributed by atoms with Crippen LogP contribution in [0.25, 0.3) is 5.65 Å². The van der Waals surface area contributed by atoms with Crippen molar-refractivity contribution < 1.29 is 14.4 Å². The molecule has 0 aliphatic carbocycles. The number of carbonyl (C=O) groups excluding carboxylic acids is 3. The Morgan fingerprint density at radius 2 is 1.89 bits per heavy atom. The first kappa shape index (κ1) is 18.6. The van der Waals surface area contributed by atoms with E-state index in [2.05, 4.69) is 25.9 Å². The Kier molecular flexibility index (Phi) is 5.35. The number of H-pyrrole nitrogens is 1. The largest absolute Gasteiger partial charge is 0.370 e. The highest BCUT2D eigenvalue weighted by molar-refractivity contribution is 6.03. The maximum absolute atomic E-state index is 12.4. The molecule has 4 amide bonds. The molecule has 0 unspecified atom stereocenters. The Bertz CT molecular complexity index is 1100. The highest BCUT2D eigenvalue weighted by atomic mass is 16.2. The summed E-state index contributed by atoms with van der Waals surface area (Å²) < 4.78 is 1.28. The summed E-state index contributed by atoms with van der Waals surface area (Å²) in [6, 6.07) is 7.36. The lowest BCUT2D eigenvalue weighted by Crippen LogP contribution is -2.31. The van der Waals surface area contributed by atoms with Gasteiger partial charge in [-0.05, 0) is 18.2 Å². The van der Waals surface area contributed by atoms with Gasteiger partial charge in [0.25, 0.3) is 5.91 Å². The quantitative estimate of drug-likeness (QED) is 0.412. The van der Waals surface area contributed by atoms with Crippen molar-refractivity contribution in [1.29, 1.82) is 0 Å². The van der Waals surface area contributed by atoms with E-state index in [1.165, 1.54) is 28.9 Å². The first-order chi connectivity index (χ1) is 13.4. The summed E-state index contributed by atoms with van der Waals surface area (Å²) in [7, 11) is 0. The van der Waals surface area contributed by atoms with E-state index < -0.39 is 23.5 Å². The molecule has 0 fully saturated rings. The molecule has 0 atom stereocenters. The van der Waals surface area contributed by atoms with E-state index in [1.54, 1.807) is 18.2 Å². The highest BCUT2D eigenvalue weighted by Gasteiger charge is 2.11. The summed E-state index contributed by atoms with van der Waals surface area (Å²) in [6.45, 7) is 0.112. The van der Waals surface area contributed by atoms with E-state index in [9.17, 15) is 19.2 Å². The normalized spacial score (nSPS) is 10.4. The lowest BCUT2D eigenvalue weighted by atomic mass is 10.2. The molecule has 28 heavy (non-hydrogen) atoms. The minimum Gasteiger partial charge on any atom is -0.370 e. The van der Waals surface area contributed by atoms with Gasteiger partial charge in [-0.2, -0.15) is 0 Å². The van der Waals surface area contributed by atoms with Crippen molar-refractivity contribution in [2.24, 2.45) is 5.73 Å². The number of rotatable bonds is 6. The van der Waals surface area contributed by atoms with Gasteiger partial charge in [-0.25, -0.2) is 14.6 Å². The number of amides is 4. The number of nitrogens with one attached hydrogen (secondary N) is 4. The van der Waals surface area contributed by atoms with Crippen molar-refractivity contribution in [3.8, 4) is 0 Å². The number of fused-ring (bicyclic) bond motifs is 1. The van der Waals surface area contributed by atoms with E-state index in [1.807, 2.05) is 0 Å². The summed E-state index contributed by atoms with van der Waals surface area (Å²) in [5, 5.41) is 7.69. The van der Waals surface area contributed by atoms with Gasteiger partial charge in [0.15, 0.2) is 0 Å². The second-order valence-electron chi connectivity index (χ2n) is 5.78. The molecule has 0 spiro atoms. The average Bonchev–Trinajstić information content (AvgIpc) is 3.11. The summed E-state index contributed by atoms with van der Waals surface area (Å²) in [4.78, 5) is 53.2. The number of benzene rings is 1. The van der Waals surface area contributed by atoms with Crippen LogP contribution in [0.3, 0.4) is 0 Å². The molecule has 6 N–H and O–H groups in total. The molecule has 2 heterocycles. The number of nitrogens with two attached hydrogens (primary N) is 1. The molecular formula is C17H17N7O4. The molecule has 144 valence electrons. The van der Waals surface area contributed by atoms with Crippen LogP contribution in [0.2, 0.25) is 0 Å². The number of hydrogen-bond acceptors (Lipinski definition) is 5. The van der Waals surface area contributed by atoms with E-state index in [0.29, 0.717) is 17.0 Å². The van der Waals surface area contributed by atoms with Crippen molar-refractivity contribution in [2.75, 3.05) is 17.2 Å². The van der Waals surface area contributed by atoms with Crippen LogP contribution in [0.1, 0.15) is 16.9 Å². The van der Waals surface area contributed by atoms with Crippen LogP contribution >= 0.6 is 0 Å². The predicted molar refractivity (Wildman–Crippen MR) is 101 cm³/mol. The van der Waals surface area contributed by atoms with Crippen LogP contribution in [0.5, 0.6) is 0 Å². The van der Waals surface area contributed by atoms with Crippen LogP contribution in [0.4, 0.5) is 16.2 Å². The minimum atomic E-state index is -0.536. The number of aromatic nitrogens is 3. The van der Waals surface area contributed by atoms with Crippen LogP contribution in [0, 0.1) is 0 Å². The molecule has 11 nitrogen and oxygen atoms in total. The molecule has 0 aliphatic heterocycles. The number of hydrogen-bond donors (Lipinski definition) is 5. The summed E-state index contributed by atoms with van der Waals surface area (Å²) in [5.74, 6) is -1.05. The zero-order valence-corrected chi connectivity index (χ0v) is 14.6. The smallest absolute Gasteiger partial charge is 0.331 e. The van der Waals surface area contributed by atoms with E-state index in [4.69, 9.17) is 5.73 Å². The number of anilines is 2. The Labute approximate surface area is 158 Å². The van der Waals surface area contributed by atoms with Gasteiger partial charge in [0.05, 0.1) is 0 Å². The van der Waals surface area contributed by atoms with Crippen molar-refractivity contribution in [1.82, 2.24) is 19.7 Å². The topological polar surface area (TPSA) is 163 Å². The lowest BCUT2D eigenvalue weighted by Gasteiger charge is -2.10. The van der Waals surface area contributed by atoms with E-state index >= 15 is 0 Å². The molecule has 3 rings (SSSR count). The third-order valence-corrected chi connectivity index (χ3v) is 3.68. The molecule has 0 radical (unpaired) electrons. The van der Waals surface area contributed by atoms with Gasteiger partial charge in [-0.1, -0.05) is 6.07 Å². The average molecular weight is 383 g/mol. The second kappa shape index (κ2) is 8.03. The number of urea groups is 1. The SMILES string of the molecule is NC(=O)CCNC(=O)Nc1cccc(NC(=O)c2cc3nccn3c(=O)[nH]2)c1. The molecular weight excluding hydrogens is 366 g/mol. The van der Waals surface area contributed by atoms with Crippen molar-refractivity contribution in [3.05, 3.63) is 58.9 Å². The van der Waals surface area contributed by atoms with Gasteiger partial charge in [0.1, 0.15) is 11.3 Å². The molecule has 3 aromatic rings. The number of nitrogens with zero attached hydrogens (tertiary/aromatic N) is 2. The van der Waals surface area contributed by atoms with Gasteiger partial charge < -0.3 is 26.7 Å². The summed E-state index contributed by atoms with van der Waals surface area (Å²) in [5.41, 5.74) is 5.74. The Morgan fingerprint density at radius 1 is 1.14 bits per heavy atom. The van der Waals surface area contributed by atoms with Gasteiger partial charge in [-0.15, -0.1) is 0 Å². The van der Waals surface area contributed by atoms with Crippen LogP contribution in [-0.4, -0.2) is 38.8 Å². The molecule has 2 aromatic heterocycles. The third-order valence-electron chi connectivity index (χ3n) is 3.68. The van der Waals surface area contributed by atoms with Crippen molar-refractivity contribution >= 4 is 34.9 Å². The fourth-order valence-electron chi connectivity index (χ4n) is 2.40. The number of primary amides is 1. The van der Waals surface area contributed by atoms with Gasteiger partial charge in [0.2, 0.25) is 5.91 Å². The van der Waals surface area contributed by atoms with Gasteiger partial charge in [-0.3, -0.25) is 14.0 Å². The van der Waals surface area contributed by atoms with Crippen LogP contribution in [0.15, 0.2) is 47.5 Å². The van der Waals surface area contributed by atoms with Crippen LogP contribution in [-0.2, 0) is 4.79 Å². The molecule has 11 heteroatoms. The maximum atomic E-state index is 12.4. The van der Waals surface area contributed by atoms with Crippen molar-refractivity contribution in [2.45, 2.75) is 6.42 Å². The fourth-order valence-corrected chi connectivity index (χ4v) is 2.40. The van der Waals surface area contributed by atoms with Crippen molar-refractivity contribution in [3.63, 3.8) is 0 Å². The Morgan fingerprint density at radius 3 is 2.64 bits per heavy atom. The summed E-state index contributed by atoms with van der Waals surface area (Å²) >= 11 is 0. The molecule has 0 saturated heterocycles. The van der Waals surface area contributed by atoms with E-state index in [-0.39, 0.29) is 18.7 Å². The maximum Gasteiger partial charge on any atom is 0.331 e. The molecule has 0 bridgehead atoms. The van der Waals surface area contributed by atoms with Crippen LogP contribution < -0.4 is 27.4 Å². The minimum absolute atomic E-state index is 0.0303. The number of imidazole rings is 1. The number of aromatic amines is 1. The molecule has 0 saturated carbocycles. The third kappa shape index (κ3) is 4.52. The highest BCUT2D eigenvalue weighted by Crippen LogP contribution is 2.16. The van der Waals surface area contributed by atoms with Gasteiger partial charge >= 0.3 is 11.7 Å². The fraction of sp³-hybridized carbons (Fsp3) is 0.118. The predicted octanol–water partition coefficient (Wildman–Crippen LogP) is 0.272. The Hall–Kier alpha value is -4.15. The van der Waals surface area contributed by atoms with E-state index in [0.717, 1.165) is 0 Å². The zero-order valence-electron chi connectivity index (χ0n) is 14.6. The first-order valence-corrected chi connectivity index (χ1v) is 8.23. The second-order valence-corrected chi connectivity index (χ2v) is 5.78. The molecule has 1 aromatic carbocycles.